The number of rotatable bonds is 5. The fraction of sp³-hybridized carbons (Fsp3) is 0.476. The number of hydrogen-bond acceptors (Lipinski definition) is 2. The van der Waals surface area contributed by atoms with Crippen molar-refractivity contribution in [3.05, 3.63) is 59.2 Å². The molecule has 3 rings (SSSR count). The molecule has 1 unspecified atom stereocenters. The summed E-state index contributed by atoms with van der Waals surface area (Å²) in [5, 5.41) is 4.85. The Morgan fingerprint density at radius 3 is 2.48 bits per heavy atom. The van der Waals surface area contributed by atoms with Gasteiger partial charge in [0.15, 0.2) is 0 Å². The van der Waals surface area contributed by atoms with E-state index in [4.69, 9.17) is 5.10 Å². The van der Waals surface area contributed by atoms with Gasteiger partial charge in [-0.1, -0.05) is 72.9 Å². The summed E-state index contributed by atoms with van der Waals surface area (Å²) < 4.78 is 0. The molecule has 0 aliphatic heterocycles. The van der Waals surface area contributed by atoms with Crippen molar-refractivity contribution in [3.8, 4) is 0 Å². The highest BCUT2D eigenvalue weighted by Gasteiger charge is 2.18. The van der Waals surface area contributed by atoms with Crippen molar-refractivity contribution in [2.24, 2.45) is 11.0 Å². The van der Waals surface area contributed by atoms with Gasteiger partial charge in [0.2, 0.25) is 0 Å². The van der Waals surface area contributed by atoms with Crippen LogP contribution in [-0.2, 0) is 0 Å². The molecule has 23 heavy (non-hydrogen) atoms. The van der Waals surface area contributed by atoms with Gasteiger partial charge in [0.25, 0.3) is 0 Å². The first-order valence-corrected chi connectivity index (χ1v) is 8.96. The molecule has 0 radical (unpaired) electrons. The van der Waals surface area contributed by atoms with Crippen molar-refractivity contribution >= 4 is 5.71 Å². The van der Waals surface area contributed by atoms with Crippen LogP contribution in [0.2, 0.25) is 0 Å². The zero-order chi connectivity index (χ0) is 16.1. The lowest BCUT2D eigenvalue weighted by Gasteiger charge is -2.22. The second kappa shape index (κ2) is 7.63. The molecule has 2 heteroatoms. The Labute approximate surface area is 140 Å². The Hall–Kier alpha value is -1.83. The zero-order valence-corrected chi connectivity index (χ0v) is 14.4. The number of nitrogens with zero attached hydrogens (tertiary/aromatic N) is 1. The number of hydrogen-bond donors (Lipinski definition) is 1. The third-order valence-corrected chi connectivity index (χ3v) is 5.01. The molecular weight excluding hydrogens is 280 g/mol. The molecular formula is C21H28N2. The van der Waals surface area contributed by atoms with E-state index >= 15 is 0 Å². The van der Waals surface area contributed by atoms with Gasteiger partial charge in [-0.15, -0.1) is 0 Å². The largest absolute Gasteiger partial charge is 0.307 e. The van der Waals surface area contributed by atoms with Crippen LogP contribution in [0.3, 0.4) is 0 Å². The quantitative estimate of drug-likeness (QED) is 0.585. The van der Waals surface area contributed by atoms with Gasteiger partial charge in [-0.25, -0.2) is 0 Å². The van der Waals surface area contributed by atoms with Crippen LogP contribution in [0.5, 0.6) is 0 Å². The van der Waals surface area contributed by atoms with Crippen LogP contribution in [0.15, 0.2) is 58.7 Å². The van der Waals surface area contributed by atoms with Crippen LogP contribution in [-0.4, -0.2) is 11.8 Å². The highest BCUT2D eigenvalue weighted by molar-refractivity contribution is 6.00. The third kappa shape index (κ3) is 4.34. The second-order valence-corrected chi connectivity index (χ2v) is 7.00. The predicted octanol–water partition coefficient (Wildman–Crippen LogP) is 5.23. The molecule has 0 heterocycles. The van der Waals surface area contributed by atoms with E-state index in [1.165, 1.54) is 54.5 Å². The molecule has 2 nitrogen and oxygen atoms in total. The van der Waals surface area contributed by atoms with E-state index in [0.29, 0.717) is 12.0 Å². The predicted molar refractivity (Wildman–Crippen MR) is 98.6 cm³/mol. The topological polar surface area (TPSA) is 24.4 Å². The SMILES string of the molecule is CC1=CC(CC(=NNC2CCCCC2)c2ccccc2)C(C)=C1. The van der Waals surface area contributed by atoms with Gasteiger partial charge in [0.05, 0.1) is 5.71 Å². The molecule has 1 aromatic carbocycles. The van der Waals surface area contributed by atoms with E-state index in [1.54, 1.807) is 0 Å². The van der Waals surface area contributed by atoms with Crippen LogP contribution < -0.4 is 5.43 Å². The molecule has 2 aliphatic carbocycles. The van der Waals surface area contributed by atoms with Gasteiger partial charge in [0.1, 0.15) is 0 Å². The van der Waals surface area contributed by atoms with E-state index in [9.17, 15) is 0 Å². The highest BCUT2D eigenvalue weighted by Crippen LogP contribution is 2.28. The van der Waals surface area contributed by atoms with Crippen molar-refractivity contribution < 1.29 is 0 Å². The van der Waals surface area contributed by atoms with Gasteiger partial charge in [-0.3, -0.25) is 0 Å². The number of allylic oxidation sites excluding steroid dienone is 4. The van der Waals surface area contributed by atoms with Gasteiger partial charge < -0.3 is 5.43 Å². The van der Waals surface area contributed by atoms with Crippen molar-refractivity contribution in [2.45, 2.75) is 58.4 Å². The summed E-state index contributed by atoms with van der Waals surface area (Å²) in [5.41, 5.74) is 8.71. The van der Waals surface area contributed by atoms with Crippen molar-refractivity contribution in [3.63, 3.8) is 0 Å². The maximum Gasteiger partial charge on any atom is 0.0684 e. The molecule has 0 bridgehead atoms. The van der Waals surface area contributed by atoms with Gasteiger partial charge in [0, 0.05) is 18.4 Å². The monoisotopic (exact) mass is 308 g/mol. The lowest BCUT2D eigenvalue weighted by molar-refractivity contribution is 0.380. The molecule has 0 aromatic heterocycles. The Balaban J connectivity index is 1.75. The number of benzene rings is 1. The summed E-state index contributed by atoms with van der Waals surface area (Å²) in [7, 11) is 0. The maximum atomic E-state index is 4.85. The summed E-state index contributed by atoms with van der Waals surface area (Å²) in [4.78, 5) is 0. The van der Waals surface area contributed by atoms with Crippen molar-refractivity contribution in [1.29, 1.82) is 0 Å². The Morgan fingerprint density at radius 1 is 1.09 bits per heavy atom. The van der Waals surface area contributed by atoms with E-state index < -0.39 is 0 Å². The maximum absolute atomic E-state index is 4.85. The first kappa shape index (κ1) is 16.0. The lowest BCUT2D eigenvalue weighted by Crippen LogP contribution is -2.28. The molecule has 1 N–H and O–H groups in total. The molecule has 1 aromatic rings. The minimum atomic E-state index is 0.488. The van der Waals surface area contributed by atoms with Gasteiger partial charge >= 0.3 is 0 Å². The first-order valence-electron chi connectivity index (χ1n) is 8.96. The van der Waals surface area contributed by atoms with Crippen LogP contribution >= 0.6 is 0 Å². The van der Waals surface area contributed by atoms with E-state index in [0.717, 1.165) is 6.42 Å². The summed E-state index contributed by atoms with van der Waals surface area (Å²) >= 11 is 0. The standard InChI is InChI=1S/C21H28N2/c1-16-13-17(2)19(14-16)15-21(18-9-5-3-6-10-18)23-22-20-11-7-4-8-12-20/h3,5-6,9-10,13-14,19-20,22H,4,7-8,11-12,15H2,1-2H3. The molecule has 0 spiro atoms. The molecule has 0 amide bonds. The molecule has 122 valence electrons. The summed E-state index contributed by atoms with van der Waals surface area (Å²) in [5.74, 6) is 0.488. The molecule has 0 saturated heterocycles. The summed E-state index contributed by atoms with van der Waals surface area (Å²) in [6, 6.07) is 11.2. The molecule has 2 aliphatic rings. The second-order valence-electron chi connectivity index (χ2n) is 7.00. The van der Waals surface area contributed by atoms with Crippen LogP contribution in [0.1, 0.15) is 57.9 Å². The number of hydrazone groups is 1. The van der Waals surface area contributed by atoms with Crippen molar-refractivity contribution in [2.75, 3.05) is 0 Å². The molecule has 1 saturated carbocycles. The minimum absolute atomic E-state index is 0.488. The van der Waals surface area contributed by atoms with Crippen LogP contribution in [0.4, 0.5) is 0 Å². The van der Waals surface area contributed by atoms with Gasteiger partial charge in [-0.05, 0) is 32.3 Å². The van der Waals surface area contributed by atoms with E-state index in [1.807, 2.05) is 0 Å². The number of nitrogens with one attached hydrogen (secondary N) is 1. The normalized spacial score (nSPS) is 22.7. The van der Waals surface area contributed by atoms with E-state index in [-0.39, 0.29) is 0 Å². The Morgan fingerprint density at radius 2 is 1.83 bits per heavy atom. The molecule has 1 atom stereocenters. The molecule has 1 fully saturated rings. The fourth-order valence-corrected chi connectivity index (χ4v) is 3.65. The zero-order valence-electron chi connectivity index (χ0n) is 14.4. The van der Waals surface area contributed by atoms with Crippen LogP contribution in [0, 0.1) is 5.92 Å². The summed E-state index contributed by atoms with van der Waals surface area (Å²) in [6.45, 7) is 4.41. The van der Waals surface area contributed by atoms with E-state index in [2.05, 4.69) is 61.8 Å². The average molecular weight is 308 g/mol. The minimum Gasteiger partial charge on any atom is -0.307 e. The van der Waals surface area contributed by atoms with Crippen molar-refractivity contribution in [1.82, 2.24) is 5.43 Å². The lowest BCUT2D eigenvalue weighted by atomic mass is 9.94. The highest BCUT2D eigenvalue weighted by atomic mass is 15.3. The smallest absolute Gasteiger partial charge is 0.0684 e. The van der Waals surface area contributed by atoms with Crippen LogP contribution in [0.25, 0.3) is 0 Å². The van der Waals surface area contributed by atoms with Gasteiger partial charge in [-0.2, -0.15) is 5.10 Å². The summed E-state index contributed by atoms with van der Waals surface area (Å²) in [6.07, 6.45) is 12.2. The first-order chi connectivity index (χ1) is 11.2. The fourth-order valence-electron chi connectivity index (χ4n) is 3.65. The third-order valence-electron chi connectivity index (χ3n) is 5.01. The average Bonchev–Trinajstić information content (AvgIpc) is 2.90. The Kier molecular flexibility index (Phi) is 5.32. The Bertz CT molecular complexity index is 604.